The van der Waals surface area contributed by atoms with Crippen LogP contribution in [-0.4, -0.2) is 12.2 Å². The van der Waals surface area contributed by atoms with Crippen LogP contribution in [0.1, 0.15) is 35.4 Å². The summed E-state index contributed by atoms with van der Waals surface area (Å²) in [5, 5.41) is 10.8. The molecule has 3 rings (SSSR count). The molecule has 2 aromatic carbocycles. The number of alkyl halides is 3. The van der Waals surface area contributed by atoms with Gasteiger partial charge in [0.15, 0.2) is 0 Å². The highest BCUT2D eigenvalue weighted by atomic mass is 19.4. The zero-order valence-corrected chi connectivity index (χ0v) is 13.7. The Morgan fingerprint density at radius 3 is 2.56 bits per heavy atom. The van der Waals surface area contributed by atoms with Crippen LogP contribution in [0.4, 0.5) is 18.9 Å². The molecular formula is C18H19F3N2O2. The molecule has 0 bridgehead atoms. The Morgan fingerprint density at radius 1 is 1.24 bits per heavy atom. The standard InChI is InChI=1S/C18H19F3N2O2/c1-23(22)16-4-2-3-15(18(19,20)21)14(16)10-25-17-8-7-12(24)9-13(17)11-5-6-11/h2-4,7-9,11,24H,5-6,10,22H2,1H3. The Hall–Kier alpha value is -2.41. The number of halogens is 3. The van der Waals surface area contributed by atoms with Crippen molar-refractivity contribution in [2.24, 2.45) is 5.84 Å². The van der Waals surface area contributed by atoms with E-state index < -0.39 is 11.7 Å². The Morgan fingerprint density at radius 2 is 1.96 bits per heavy atom. The van der Waals surface area contributed by atoms with Gasteiger partial charge in [-0.3, -0.25) is 0 Å². The van der Waals surface area contributed by atoms with E-state index >= 15 is 0 Å². The number of hydrogen-bond donors (Lipinski definition) is 2. The lowest BCUT2D eigenvalue weighted by Gasteiger charge is -2.22. The third-order valence-corrected chi connectivity index (χ3v) is 4.22. The molecule has 7 heteroatoms. The summed E-state index contributed by atoms with van der Waals surface area (Å²) < 4.78 is 45.7. The summed E-state index contributed by atoms with van der Waals surface area (Å²) >= 11 is 0. The number of nitrogens with two attached hydrogens (primary N) is 1. The van der Waals surface area contributed by atoms with E-state index in [0.717, 1.165) is 29.5 Å². The summed E-state index contributed by atoms with van der Waals surface area (Å²) in [5.74, 6) is 6.58. The number of anilines is 1. The van der Waals surface area contributed by atoms with Crippen molar-refractivity contribution in [2.45, 2.75) is 31.5 Å². The van der Waals surface area contributed by atoms with Crippen LogP contribution in [0.3, 0.4) is 0 Å². The van der Waals surface area contributed by atoms with Gasteiger partial charge in [0.25, 0.3) is 0 Å². The highest BCUT2D eigenvalue weighted by molar-refractivity contribution is 5.56. The third-order valence-electron chi connectivity index (χ3n) is 4.22. The van der Waals surface area contributed by atoms with E-state index in [2.05, 4.69) is 0 Å². The zero-order chi connectivity index (χ0) is 18.2. The van der Waals surface area contributed by atoms with Crippen LogP contribution in [0.2, 0.25) is 0 Å². The van der Waals surface area contributed by atoms with Crippen LogP contribution < -0.4 is 15.6 Å². The molecule has 3 N–H and O–H groups in total. The molecule has 1 aliphatic carbocycles. The molecule has 134 valence electrons. The third kappa shape index (κ3) is 3.82. The van der Waals surface area contributed by atoms with Crippen LogP contribution >= 0.6 is 0 Å². The second kappa shape index (κ2) is 6.48. The van der Waals surface area contributed by atoms with Gasteiger partial charge in [-0.05, 0) is 49.1 Å². The average molecular weight is 352 g/mol. The second-order valence-electron chi connectivity index (χ2n) is 6.20. The van der Waals surface area contributed by atoms with Gasteiger partial charge < -0.3 is 14.9 Å². The fourth-order valence-corrected chi connectivity index (χ4v) is 2.85. The molecule has 0 heterocycles. The SMILES string of the molecule is CN(N)c1cccc(C(F)(F)F)c1COc1ccc(O)cc1C1CC1. The lowest BCUT2D eigenvalue weighted by molar-refractivity contribution is -0.138. The van der Waals surface area contributed by atoms with Crippen molar-refractivity contribution in [3.63, 3.8) is 0 Å². The minimum atomic E-state index is -4.50. The molecule has 0 aromatic heterocycles. The van der Waals surface area contributed by atoms with Gasteiger partial charge in [0.05, 0.1) is 11.3 Å². The molecule has 2 aromatic rings. The number of nitrogens with zero attached hydrogens (tertiary/aromatic N) is 1. The van der Waals surface area contributed by atoms with Crippen molar-refractivity contribution >= 4 is 5.69 Å². The summed E-state index contributed by atoms with van der Waals surface area (Å²) in [6.45, 7) is -0.267. The highest BCUT2D eigenvalue weighted by Crippen LogP contribution is 2.46. The largest absolute Gasteiger partial charge is 0.508 e. The number of hydrazine groups is 1. The van der Waals surface area contributed by atoms with E-state index in [1.54, 1.807) is 12.1 Å². The summed E-state index contributed by atoms with van der Waals surface area (Å²) in [7, 11) is 1.48. The summed E-state index contributed by atoms with van der Waals surface area (Å²) in [4.78, 5) is 0. The maximum atomic E-state index is 13.3. The Bertz CT molecular complexity index is 771. The van der Waals surface area contributed by atoms with Gasteiger partial charge in [-0.25, -0.2) is 5.84 Å². The number of aromatic hydroxyl groups is 1. The highest BCUT2D eigenvalue weighted by Gasteiger charge is 2.35. The number of rotatable bonds is 5. The smallest absolute Gasteiger partial charge is 0.416 e. The van der Waals surface area contributed by atoms with Gasteiger partial charge >= 0.3 is 6.18 Å². The van der Waals surface area contributed by atoms with Gasteiger partial charge in [-0.2, -0.15) is 13.2 Å². The average Bonchev–Trinajstić information content (AvgIpc) is 3.37. The predicted octanol–water partition coefficient (Wildman–Crippen LogP) is 4.18. The van der Waals surface area contributed by atoms with Gasteiger partial charge in [0.2, 0.25) is 0 Å². The van der Waals surface area contributed by atoms with Gasteiger partial charge in [0, 0.05) is 18.2 Å². The molecule has 0 spiro atoms. The lowest BCUT2D eigenvalue weighted by atomic mass is 10.0. The van der Waals surface area contributed by atoms with Gasteiger partial charge in [-0.15, -0.1) is 0 Å². The van der Waals surface area contributed by atoms with E-state index in [0.29, 0.717) is 5.75 Å². The van der Waals surface area contributed by atoms with E-state index in [1.165, 1.54) is 25.2 Å². The van der Waals surface area contributed by atoms with Crippen LogP contribution in [0.15, 0.2) is 36.4 Å². The summed E-state index contributed by atoms with van der Waals surface area (Å²) in [6.07, 6.45) is -2.54. The molecule has 25 heavy (non-hydrogen) atoms. The fraction of sp³-hybridized carbons (Fsp3) is 0.333. The van der Waals surface area contributed by atoms with Crippen LogP contribution in [0, 0.1) is 0 Å². The molecule has 0 amide bonds. The maximum Gasteiger partial charge on any atom is 0.416 e. The Labute approximate surface area is 143 Å². The van der Waals surface area contributed by atoms with Crippen molar-refractivity contribution in [2.75, 3.05) is 12.1 Å². The van der Waals surface area contributed by atoms with E-state index in [4.69, 9.17) is 10.6 Å². The van der Waals surface area contributed by atoms with E-state index in [1.807, 2.05) is 0 Å². The minimum Gasteiger partial charge on any atom is -0.508 e. The Balaban J connectivity index is 1.93. The quantitative estimate of drug-likeness (QED) is 0.626. The minimum absolute atomic E-state index is 0.0187. The summed E-state index contributed by atoms with van der Waals surface area (Å²) in [6, 6.07) is 8.52. The summed E-state index contributed by atoms with van der Waals surface area (Å²) in [5.41, 5.74) is 0.289. The van der Waals surface area contributed by atoms with Gasteiger partial charge in [0.1, 0.15) is 18.1 Å². The molecule has 0 aliphatic heterocycles. The topological polar surface area (TPSA) is 58.7 Å². The maximum absolute atomic E-state index is 13.3. The van der Waals surface area contributed by atoms with E-state index in [9.17, 15) is 18.3 Å². The van der Waals surface area contributed by atoms with Crippen LogP contribution in [0.25, 0.3) is 0 Å². The van der Waals surface area contributed by atoms with Crippen molar-refractivity contribution < 1.29 is 23.0 Å². The van der Waals surface area contributed by atoms with Crippen molar-refractivity contribution in [1.82, 2.24) is 0 Å². The molecule has 4 nitrogen and oxygen atoms in total. The monoisotopic (exact) mass is 352 g/mol. The fourth-order valence-electron chi connectivity index (χ4n) is 2.85. The van der Waals surface area contributed by atoms with Gasteiger partial charge in [-0.1, -0.05) is 6.07 Å². The van der Waals surface area contributed by atoms with Crippen LogP contribution in [-0.2, 0) is 12.8 Å². The van der Waals surface area contributed by atoms with Crippen molar-refractivity contribution in [3.8, 4) is 11.5 Å². The molecule has 1 saturated carbocycles. The first-order valence-electron chi connectivity index (χ1n) is 7.90. The first-order valence-corrected chi connectivity index (χ1v) is 7.90. The number of ether oxygens (including phenoxy) is 1. The normalized spacial score (nSPS) is 14.4. The van der Waals surface area contributed by atoms with E-state index in [-0.39, 0.29) is 29.5 Å². The van der Waals surface area contributed by atoms with Crippen LogP contribution in [0.5, 0.6) is 11.5 Å². The number of phenols is 1. The Kier molecular flexibility index (Phi) is 4.51. The molecule has 0 atom stereocenters. The zero-order valence-electron chi connectivity index (χ0n) is 13.7. The first-order chi connectivity index (χ1) is 11.8. The second-order valence-corrected chi connectivity index (χ2v) is 6.20. The molecular weight excluding hydrogens is 333 g/mol. The number of hydrogen-bond acceptors (Lipinski definition) is 4. The predicted molar refractivity (Wildman–Crippen MR) is 88.4 cm³/mol. The molecule has 1 aliphatic rings. The van der Waals surface area contributed by atoms with Crippen molar-refractivity contribution in [1.29, 1.82) is 0 Å². The number of phenolic OH excluding ortho intramolecular Hbond substituents is 1. The van der Waals surface area contributed by atoms with Crippen molar-refractivity contribution in [3.05, 3.63) is 53.1 Å². The lowest BCUT2D eigenvalue weighted by Crippen LogP contribution is -2.27. The molecule has 1 fully saturated rings. The first kappa shape index (κ1) is 17.4. The molecule has 0 radical (unpaired) electrons. The molecule has 0 saturated heterocycles. The molecule has 0 unspecified atom stereocenters. The number of benzene rings is 2.